The zero-order valence-electron chi connectivity index (χ0n) is 9.88. The van der Waals surface area contributed by atoms with Crippen LogP contribution in [0.15, 0.2) is 17.5 Å². The van der Waals surface area contributed by atoms with Gasteiger partial charge in [0.15, 0.2) is 0 Å². The fraction of sp³-hybridized carbons (Fsp3) is 0.583. The molecule has 1 N–H and O–H groups in total. The third-order valence-electron chi connectivity index (χ3n) is 1.56. The number of thiophene rings is 1. The molecule has 0 spiro atoms. The van der Waals surface area contributed by atoms with E-state index < -0.39 is 0 Å². The number of carbonyl (C=O) groups is 1. The Kier molecular flexibility index (Phi) is 9.18. The Bertz CT molecular complexity index is 244. The molecule has 0 aliphatic carbocycles. The molecule has 1 aromatic rings. The Labute approximate surface area is 96.7 Å². The summed E-state index contributed by atoms with van der Waals surface area (Å²) in [5.74, 6) is 0.0541. The van der Waals surface area contributed by atoms with E-state index in [1.54, 1.807) is 0 Å². The largest absolute Gasteiger partial charge is 0.351 e. The van der Waals surface area contributed by atoms with Gasteiger partial charge in [-0.25, -0.2) is 0 Å². The van der Waals surface area contributed by atoms with Gasteiger partial charge in [0, 0.05) is 6.54 Å². The number of unbranched alkanes of at least 4 members (excludes halogenated alkanes) is 1. The van der Waals surface area contributed by atoms with Gasteiger partial charge in [-0.1, -0.05) is 39.7 Å². The van der Waals surface area contributed by atoms with Crippen molar-refractivity contribution in [3.8, 4) is 0 Å². The first-order valence-corrected chi connectivity index (χ1v) is 6.45. The third kappa shape index (κ3) is 7.14. The number of carbonyl (C=O) groups excluding carboxylic acids is 1. The summed E-state index contributed by atoms with van der Waals surface area (Å²) in [7, 11) is 0. The lowest BCUT2D eigenvalue weighted by Gasteiger charge is -2.00. The SMILES string of the molecule is CCC.CCCCNC(=O)c1cccs1. The van der Waals surface area contributed by atoms with Gasteiger partial charge < -0.3 is 5.32 Å². The molecular formula is C12H21NOS. The van der Waals surface area contributed by atoms with E-state index in [4.69, 9.17) is 0 Å². The highest BCUT2D eigenvalue weighted by Crippen LogP contribution is 2.07. The summed E-state index contributed by atoms with van der Waals surface area (Å²) in [6.07, 6.45) is 3.42. The second kappa shape index (κ2) is 9.71. The van der Waals surface area contributed by atoms with Crippen molar-refractivity contribution in [1.29, 1.82) is 0 Å². The fourth-order valence-electron chi connectivity index (χ4n) is 0.874. The number of amides is 1. The molecule has 0 atom stereocenters. The number of nitrogens with one attached hydrogen (secondary N) is 1. The van der Waals surface area contributed by atoms with E-state index in [0.29, 0.717) is 0 Å². The highest BCUT2D eigenvalue weighted by atomic mass is 32.1. The van der Waals surface area contributed by atoms with Gasteiger partial charge in [-0.3, -0.25) is 4.79 Å². The smallest absolute Gasteiger partial charge is 0.261 e. The lowest BCUT2D eigenvalue weighted by molar-refractivity contribution is 0.0957. The molecule has 0 aliphatic rings. The molecule has 15 heavy (non-hydrogen) atoms. The van der Waals surface area contributed by atoms with Crippen molar-refractivity contribution >= 4 is 17.2 Å². The van der Waals surface area contributed by atoms with Crippen molar-refractivity contribution in [2.45, 2.75) is 40.0 Å². The first-order valence-electron chi connectivity index (χ1n) is 5.57. The third-order valence-corrected chi connectivity index (χ3v) is 2.43. The quantitative estimate of drug-likeness (QED) is 0.781. The van der Waals surface area contributed by atoms with Crippen LogP contribution in [0, 0.1) is 0 Å². The molecule has 0 saturated carbocycles. The second-order valence-electron chi connectivity index (χ2n) is 3.29. The molecule has 0 saturated heterocycles. The van der Waals surface area contributed by atoms with Gasteiger partial charge in [-0.2, -0.15) is 0 Å². The van der Waals surface area contributed by atoms with Gasteiger partial charge >= 0.3 is 0 Å². The van der Waals surface area contributed by atoms with Crippen LogP contribution >= 0.6 is 11.3 Å². The van der Waals surface area contributed by atoms with Crippen molar-refractivity contribution in [2.75, 3.05) is 6.54 Å². The van der Waals surface area contributed by atoms with Gasteiger partial charge in [0.2, 0.25) is 0 Å². The minimum absolute atomic E-state index is 0.0541. The first kappa shape index (κ1) is 14.2. The summed E-state index contributed by atoms with van der Waals surface area (Å²) in [6.45, 7) is 7.14. The minimum Gasteiger partial charge on any atom is -0.351 e. The lowest BCUT2D eigenvalue weighted by Crippen LogP contribution is -2.23. The molecule has 0 aliphatic heterocycles. The van der Waals surface area contributed by atoms with E-state index in [0.717, 1.165) is 24.3 Å². The highest BCUT2D eigenvalue weighted by molar-refractivity contribution is 7.12. The van der Waals surface area contributed by atoms with Gasteiger partial charge in [0.25, 0.3) is 5.91 Å². The molecule has 1 rings (SSSR count). The summed E-state index contributed by atoms with van der Waals surface area (Å²) in [6, 6.07) is 3.73. The topological polar surface area (TPSA) is 29.1 Å². The Balaban J connectivity index is 0.000000583. The molecule has 0 bridgehead atoms. The normalized spacial score (nSPS) is 9.00. The van der Waals surface area contributed by atoms with Crippen LogP contribution in [0.25, 0.3) is 0 Å². The molecule has 0 unspecified atom stereocenters. The molecular weight excluding hydrogens is 206 g/mol. The maximum absolute atomic E-state index is 11.3. The van der Waals surface area contributed by atoms with Gasteiger partial charge in [-0.15, -0.1) is 11.3 Å². The predicted molar refractivity (Wildman–Crippen MR) is 67.5 cm³/mol. The van der Waals surface area contributed by atoms with Crippen molar-refractivity contribution in [3.63, 3.8) is 0 Å². The zero-order chi connectivity index (χ0) is 11.5. The molecule has 1 aromatic heterocycles. The number of hydrogen-bond donors (Lipinski definition) is 1. The van der Waals surface area contributed by atoms with Crippen LogP contribution in [0.1, 0.15) is 49.7 Å². The Hall–Kier alpha value is -0.830. The summed E-state index contributed by atoms with van der Waals surface area (Å²) in [5.41, 5.74) is 0. The van der Waals surface area contributed by atoms with Crippen LogP contribution in [0.4, 0.5) is 0 Å². The second-order valence-corrected chi connectivity index (χ2v) is 4.24. The van der Waals surface area contributed by atoms with Gasteiger partial charge in [0.1, 0.15) is 0 Å². The van der Waals surface area contributed by atoms with Gasteiger partial charge in [0.05, 0.1) is 4.88 Å². The molecule has 1 heterocycles. The van der Waals surface area contributed by atoms with Gasteiger partial charge in [-0.05, 0) is 17.9 Å². The van der Waals surface area contributed by atoms with E-state index in [-0.39, 0.29) is 5.91 Å². The Morgan fingerprint density at radius 3 is 2.53 bits per heavy atom. The van der Waals surface area contributed by atoms with Crippen LogP contribution in [0.2, 0.25) is 0 Å². The predicted octanol–water partition coefficient (Wildman–Crippen LogP) is 3.69. The lowest BCUT2D eigenvalue weighted by atomic mass is 10.3. The van der Waals surface area contributed by atoms with Crippen LogP contribution in [0.5, 0.6) is 0 Å². The minimum atomic E-state index is 0.0541. The zero-order valence-corrected chi connectivity index (χ0v) is 10.7. The molecule has 86 valence electrons. The summed E-state index contributed by atoms with van der Waals surface area (Å²) in [4.78, 5) is 12.1. The number of rotatable bonds is 4. The van der Waals surface area contributed by atoms with E-state index in [9.17, 15) is 4.79 Å². The molecule has 2 nitrogen and oxygen atoms in total. The maximum Gasteiger partial charge on any atom is 0.261 e. The van der Waals surface area contributed by atoms with Crippen molar-refractivity contribution < 1.29 is 4.79 Å². The van der Waals surface area contributed by atoms with E-state index in [1.165, 1.54) is 17.8 Å². The molecule has 3 heteroatoms. The standard InChI is InChI=1S/C9H13NOS.C3H8/c1-2-3-6-10-9(11)8-5-4-7-12-8;1-3-2/h4-5,7H,2-3,6H2,1H3,(H,10,11);3H2,1-2H3. The number of hydrogen-bond acceptors (Lipinski definition) is 2. The average molecular weight is 227 g/mol. The highest BCUT2D eigenvalue weighted by Gasteiger charge is 2.03. The fourth-order valence-corrected chi connectivity index (χ4v) is 1.51. The first-order chi connectivity index (χ1) is 7.26. The average Bonchev–Trinajstić information content (AvgIpc) is 2.72. The Morgan fingerprint density at radius 2 is 2.07 bits per heavy atom. The summed E-state index contributed by atoms with van der Waals surface area (Å²) < 4.78 is 0. The molecule has 0 radical (unpaired) electrons. The van der Waals surface area contributed by atoms with Crippen molar-refractivity contribution in [1.82, 2.24) is 5.32 Å². The Morgan fingerprint density at radius 1 is 1.40 bits per heavy atom. The van der Waals surface area contributed by atoms with E-state index in [2.05, 4.69) is 26.1 Å². The monoisotopic (exact) mass is 227 g/mol. The molecule has 1 amide bonds. The van der Waals surface area contributed by atoms with Crippen molar-refractivity contribution in [3.05, 3.63) is 22.4 Å². The summed E-state index contributed by atoms with van der Waals surface area (Å²) >= 11 is 1.48. The molecule has 0 aromatic carbocycles. The summed E-state index contributed by atoms with van der Waals surface area (Å²) in [5, 5.41) is 4.77. The van der Waals surface area contributed by atoms with Crippen LogP contribution in [0.3, 0.4) is 0 Å². The van der Waals surface area contributed by atoms with Crippen molar-refractivity contribution in [2.24, 2.45) is 0 Å². The van der Waals surface area contributed by atoms with Crippen LogP contribution in [-0.4, -0.2) is 12.5 Å². The maximum atomic E-state index is 11.3. The van der Waals surface area contributed by atoms with Crippen LogP contribution in [-0.2, 0) is 0 Å². The molecule has 0 fully saturated rings. The van der Waals surface area contributed by atoms with E-state index >= 15 is 0 Å². The van der Waals surface area contributed by atoms with E-state index in [1.807, 2.05) is 17.5 Å². The van der Waals surface area contributed by atoms with Crippen LogP contribution < -0.4 is 5.32 Å².